The van der Waals surface area contributed by atoms with Crippen molar-refractivity contribution in [2.45, 2.75) is 32.2 Å². The van der Waals surface area contributed by atoms with Gasteiger partial charge in [-0.15, -0.1) is 0 Å². The molecule has 1 unspecified atom stereocenters. The summed E-state index contributed by atoms with van der Waals surface area (Å²) in [5.74, 6) is 0.765. The Morgan fingerprint density at radius 1 is 1.29 bits per heavy atom. The first-order valence-corrected chi connectivity index (χ1v) is 8.21. The lowest BCUT2D eigenvalue weighted by Crippen LogP contribution is -2.37. The van der Waals surface area contributed by atoms with Gasteiger partial charge in [-0.05, 0) is 49.9 Å². The van der Waals surface area contributed by atoms with Gasteiger partial charge in [-0.2, -0.15) is 0 Å². The van der Waals surface area contributed by atoms with Crippen LogP contribution in [0.5, 0.6) is 5.75 Å². The standard InChI is InChI=1S/C19H22N2O3/c1-13(22)15-11-18(20-12-15)19(23)21-9-3-4-16(21)10-14-5-7-17(24-2)8-6-14/h5-8,11-12,16,20H,3-4,9-10H2,1-2H3. The van der Waals surface area contributed by atoms with Gasteiger partial charge in [0, 0.05) is 24.3 Å². The fourth-order valence-electron chi connectivity index (χ4n) is 3.22. The molecule has 0 aliphatic carbocycles. The summed E-state index contributed by atoms with van der Waals surface area (Å²) in [6.07, 6.45) is 4.44. The highest BCUT2D eigenvalue weighted by Crippen LogP contribution is 2.24. The minimum absolute atomic E-state index is 0.0292. The van der Waals surface area contributed by atoms with Crippen molar-refractivity contribution in [2.24, 2.45) is 0 Å². The Hall–Kier alpha value is -2.56. The van der Waals surface area contributed by atoms with Crippen molar-refractivity contribution in [1.29, 1.82) is 0 Å². The van der Waals surface area contributed by atoms with Crippen molar-refractivity contribution < 1.29 is 14.3 Å². The summed E-state index contributed by atoms with van der Waals surface area (Å²) in [5, 5.41) is 0. The topological polar surface area (TPSA) is 62.4 Å². The summed E-state index contributed by atoms with van der Waals surface area (Å²) in [5.41, 5.74) is 2.22. The van der Waals surface area contributed by atoms with E-state index in [4.69, 9.17) is 4.74 Å². The molecule has 1 N–H and O–H groups in total. The first-order valence-electron chi connectivity index (χ1n) is 8.21. The van der Waals surface area contributed by atoms with E-state index < -0.39 is 0 Å². The molecule has 1 aromatic carbocycles. The second-order valence-electron chi connectivity index (χ2n) is 6.21. The molecule has 1 aromatic heterocycles. The number of ketones is 1. The summed E-state index contributed by atoms with van der Waals surface area (Å²) >= 11 is 0. The molecule has 1 aliphatic heterocycles. The second-order valence-corrected chi connectivity index (χ2v) is 6.21. The number of amides is 1. The fourth-order valence-corrected chi connectivity index (χ4v) is 3.22. The number of carbonyl (C=O) groups excluding carboxylic acids is 2. The van der Waals surface area contributed by atoms with Crippen molar-refractivity contribution in [3.05, 3.63) is 53.3 Å². The highest BCUT2D eigenvalue weighted by atomic mass is 16.5. The third-order valence-electron chi connectivity index (χ3n) is 4.59. The van der Waals surface area contributed by atoms with Crippen molar-refractivity contribution in [1.82, 2.24) is 9.88 Å². The number of Topliss-reactive ketones (excluding diaryl/α,β-unsaturated/α-hetero) is 1. The van der Waals surface area contributed by atoms with Gasteiger partial charge in [0.15, 0.2) is 5.78 Å². The zero-order valence-corrected chi connectivity index (χ0v) is 14.0. The van der Waals surface area contributed by atoms with Crippen LogP contribution in [0.25, 0.3) is 0 Å². The summed E-state index contributed by atoms with van der Waals surface area (Å²) in [6, 6.07) is 9.81. The molecule has 0 radical (unpaired) electrons. The minimum atomic E-state index is -0.0403. The number of aromatic nitrogens is 1. The summed E-state index contributed by atoms with van der Waals surface area (Å²) in [4.78, 5) is 29.0. The molecule has 1 amide bonds. The number of aromatic amines is 1. The Balaban J connectivity index is 1.71. The predicted octanol–water partition coefficient (Wildman–Crippen LogP) is 3.07. The number of H-pyrrole nitrogens is 1. The molecule has 1 fully saturated rings. The van der Waals surface area contributed by atoms with E-state index in [-0.39, 0.29) is 17.7 Å². The molecule has 0 spiro atoms. The van der Waals surface area contributed by atoms with Crippen molar-refractivity contribution >= 4 is 11.7 Å². The molecule has 2 heterocycles. The van der Waals surface area contributed by atoms with Crippen molar-refractivity contribution in [2.75, 3.05) is 13.7 Å². The largest absolute Gasteiger partial charge is 0.497 e. The lowest BCUT2D eigenvalue weighted by atomic mass is 10.0. The first kappa shape index (κ1) is 16.3. The summed E-state index contributed by atoms with van der Waals surface area (Å²) < 4.78 is 5.18. The van der Waals surface area contributed by atoms with Crippen LogP contribution in [0.2, 0.25) is 0 Å². The van der Waals surface area contributed by atoms with Crippen molar-refractivity contribution in [3.8, 4) is 5.75 Å². The molecule has 1 atom stereocenters. The summed E-state index contributed by atoms with van der Waals surface area (Å²) in [6.45, 7) is 2.26. The molecule has 24 heavy (non-hydrogen) atoms. The number of nitrogens with one attached hydrogen (secondary N) is 1. The van der Waals surface area contributed by atoms with Crippen LogP contribution in [-0.2, 0) is 6.42 Å². The van der Waals surface area contributed by atoms with E-state index in [9.17, 15) is 9.59 Å². The van der Waals surface area contributed by atoms with Crippen LogP contribution in [0.4, 0.5) is 0 Å². The van der Waals surface area contributed by atoms with E-state index in [2.05, 4.69) is 4.98 Å². The first-order chi connectivity index (χ1) is 11.6. The number of likely N-dealkylation sites (tertiary alicyclic amines) is 1. The van der Waals surface area contributed by atoms with Gasteiger partial charge in [0.1, 0.15) is 11.4 Å². The van der Waals surface area contributed by atoms with Crippen LogP contribution < -0.4 is 4.74 Å². The smallest absolute Gasteiger partial charge is 0.270 e. The third kappa shape index (κ3) is 3.35. The molecule has 3 rings (SSSR count). The number of benzene rings is 1. The number of nitrogens with zero attached hydrogens (tertiary/aromatic N) is 1. The number of hydrogen-bond acceptors (Lipinski definition) is 3. The fraction of sp³-hybridized carbons (Fsp3) is 0.368. The molecule has 1 aliphatic rings. The molecule has 1 saturated heterocycles. The lowest BCUT2D eigenvalue weighted by Gasteiger charge is -2.24. The normalized spacial score (nSPS) is 17.1. The average molecular weight is 326 g/mol. The third-order valence-corrected chi connectivity index (χ3v) is 4.59. The van der Waals surface area contributed by atoms with Crippen LogP contribution >= 0.6 is 0 Å². The lowest BCUT2D eigenvalue weighted by molar-refractivity contribution is 0.0731. The quantitative estimate of drug-likeness (QED) is 0.859. The predicted molar refractivity (Wildman–Crippen MR) is 91.6 cm³/mol. The molecule has 0 saturated carbocycles. The molecule has 0 bridgehead atoms. The summed E-state index contributed by atoms with van der Waals surface area (Å²) in [7, 11) is 1.65. The van der Waals surface area contributed by atoms with Gasteiger partial charge in [-0.3, -0.25) is 9.59 Å². The Bertz CT molecular complexity index is 733. The van der Waals surface area contributed by atoms with Gasteiger partial charge in [-0.1, -0.05) is 12.1 Å². The zero-order chi connectivity index (χ0) is 17.1. The highest BCUT2D eigenvalue weighted by Gasteiger charge is 2.30. The van der Waals surface area contributed by atoms with Crippen LogP contribution in [0, 0.1) is 0 Å². The van der Waals surface area contributed by atoms with E-state index >= 15 is 0 Å². The van der Waals surface area contributed by atoms with E-state index in [1.165, 1.54) is 12.5 Å². The Morgan fingerprint density at radius 3 is 2.67 bits per heavy atom. The maximum absolute atomic E-state index is 12.7. The number of hydrogen-bond donors (Lipinski definition) is 1. The van der Waals surface area contributed by atoms with E-state index in [1.54, 1.807) is 19.4 Å². The Labute approximate surface area is 141 Å². The van der Waals surface area contributed by atoms with Crippen LogP contribution in [0.3, 0.4) is 0 Å². The van der Waals surface area contributed by atoms with Gasteiger partial charge in [0.05, 0.1) is 7.11 Å². The van der Waals surface area contributed by atoms with Crippen LogP contribution in [-0.4, -0.2) is 41.3 Å². The van der Waals surface area contributed by atoms with Crippen LogP contribution in [0.15, 0.2) is 36.5 Å². The molecular weight excluding hydrogens is 304 g/mol. The zero-order valence-electron chi connectivity index (χ0n) is 14.0. The SMILES string of the molecule is COc1ccc(CC2CCCN2C(=O)c2cc(C(C)=O)c[nH]2)cc1. The highest BCUT2D eigenvalue weighted by molar-refractivity contribution is 5.99. The van der Waals surface area contributed by atoms with E-state index in [0.29, 0.717) is 11.3 Å². The van der Waals surface area contributed by atoms with Crippen molar-refractivity contribution in [3.63, 3.8) is 0 Å². The maximum atomic E-state index is 12.7. The average Bonchev–Trinajstić information content (AvgIpc) is 3.24. The Morgan fingerprint density at radius 2 is 2.04 bits per heavy atom. The van der Waals surface area contributed by atoms with Crippen LogP contribution in [0.1, 0.15) is 46.2 Å². The number of carbonyl (C=O) groups is 2. The molecular formula is C19H22N2O3. The molecule has 126 valence electrons. The monoisotopic (exact) mass is 326 g/mol. The second kappa shape index (κ2) is 6.91. The number of ether oxygens (including phenoxy) is 1. The molecule has 5 heteroatoms. The van der Waals surface area contributed by atoms with E-state index in [0.717, 1.165) is 31.6 Å². The van der Waals surface area contributed by atoms with E-state index in [1.807, 2.05) is 29.2 Å². The number of methoxy groups -OCH3 is 1. The van der Waals surface area contributed by atoms with Gasteiger partial charge in [0.2, 0.25) is 0 Å². The maximum Gasteiger partial charge on any atom is 0.270 e. The van der Waals surface area contributed by atoms with Gasteiger partial charge in [0.25, 0.3) is 5.91 Å². The van der Waals surface area contributed by atoms with Gasteiger partial charge >= 0.3 is 0 Å². The van der Waals surface area contributed by atoms with Gasteiger partial charge < -0.3 is 14.6 Å². The van der Waals surface area contributed by atoms with Gasteiger partial charge in [-0.25, -0.2) is 0 Å². The molecule has 2 aromatic rings. The minimum Gasteiger partial charge on any atom is -0.497 e. The Kier molecular flexibility index (Phi) is 4.69. The molecule has 5 nitrogen and oxygen atoms in total. The number of rotatable bonds is 5.